The number of hydrogen-bond acceptors (Lipinski definition) is 2. The lowest BCUT2D eigenvalue weighted by Gasteiger charge is -2.10. The predicted octanol–water partition coefficient (Wildman–Crippen LogP) is 3.66. The first kappa shape index (κ1) is 12.5. The van der Waals surface area contributed by atoms with E-state index in [0.717, 1.165) is 4.47 Å². The molecule has 0 radical (unpaired) electrons. The second-order valence-electron chi connectivity index (χ2n) is 2.91. The Balaban J connectivity index is 3.06. The zero-order valence-corrected chi connectivity index (χ0v) is 10.8. The van der Waals surface area contributed by atoms with Gasteiger partial charge in [0.1, 0.15) is 5.75 Å². The Kier molecular flexibility index (Phi) is 5.12. The predicted molar refractivity (Wildman–Crippen MR) is 65.0 cm³/mol. The van der Waals surface area contributed by atoms with Crippen LogP contribution in [0, 0.1) is 0 Å². The molecular formula is C11H12BrClO2. The Hall–Kier alpha value is -0.540. The third-order valence-electron chi connectivity index (χ3n) is 1.88. The van der Waals surface area contributed by atoms with Crippen LogP contribution in [-0.4, -0.2) is 18.3 Å². The first-order valence-corrected chi connectivity index (χ1v) is 6.04. The van der Waals surface area contributed by atoms with Crippen molar-refractivity contribution in [2.24, 2.45) is 0 Å². The molecule has 0 saturated heterocycles. The first-order valence-electron chi connectivity index (χ1n) is 4.71. The molecule has 1 rings (SSSR count). The molecule has 0 saturated carbocycles. The largest absolute Gasteiger partial charge is 0.493 e. The van der Waals surface area contributed by atoms with E-state index in [1.807, 2.05) is 19.1 Å². The van der Waals surface area contributed by atoms with Crippen molar-refractivity contribution in [2.75, 3.05) is 12.5 Å². The number of alkyl halides is 1. The van der Waals surface area contributed by atoms with Crippen molar-refractivity contribution in [3.8, 4) is 5.75 Å². The minimum Gasteiger partial charge on any atom is -0.493 e. The highest BCUT2D eigenvalue weighted by molar-refractivity contribution is 9.10. The maximum Gasteiger partial charge on any atom is 0.168 e. The van der Waals surface area contributed by atoms with Crippen LogP contribution in [0.25, 0.3) is 0 Å². The molecule has 0 spiro atoms. The van der Waals surface area contributed by atoms with Crippen LogP contribution in [0.1, 0.15) is 23.7 Å². The molecule has 15 heavy (non-hydrogen) atoms. The molecule has 0 aliphatic carbocycles. The molecule has 0 aromatic heterocycles. The van der Waals surface area contributed by atoms with Gasteiger partial charge in [0.15, 0.2) is 5.78 Å². The van der Waals surface area contributed by atoms with Gasteiger partial charge in [0, 0.05) is 16.8 Å². The highest BCUT2D eigenvalue weighted by atomic mass is 79.9. The van der Waals surface area contributed by atoms with Gasteiger partial charge >= 0.3 is 0 Å². The zero-order valence-electron chi connectivity index (χ0n) is 8.43. The van der Waals surface area contributed by atoms with Gasteiger partial charge in [-0.05, 0) is 35.0 Å². The van der Waals surface area contributed by atoms with E-state index in [2.05, 4.69) is 15.9 Å². The maximum absolute atomic E-state index is 11.8. The molecule has 0 aliphatic heterocycles. The normalized spacial score (nSPS) is 10.1. The average Bonchev–Trinajstić information content (AvgIpc) is 2.18. The molecule has 0 heterocycles. The highest BCUT2D eigenvalue weighted by Gasteiger charge is 2.15. The van der Waals surface area contributed by atoms with Crippen molar-refractivity contribution in [1.82, 2.24) is 0 Å². The number of halogens is 2. The Labute approximate surface area is 103 Å². The molecule has 2 nitrogen and oxygen atoms in total. The smallest absolute Gasteiger partial charge is 0.168 e. The molecule has 0 bridgehead atoms. The van der Waals surface area contributed by atoms with E-state index in [0.29, 0.717) is 30.2 Å². The summed E-state index contributed by atoms with van der Waals surface area (Å²) in [7, 11) is 0. The van der Waals surface area contributed by atoms with Gasteiger partial charge < -0.3 is 4.74 Å². The summed E-state index contributed by atoms with van der Waals surface area (Å²) in [6.07, 6.45) is 0.324. The van der Waals surface area contributed by atoms with Gasteiger partial charge in [-0.2, -0.15) is 0 Å². The fourth-order valence-electron chi connectivity index (χ4n) is 1.26. The van der Waals surface area contributed by atoms with Gasteiger partial charge in [-0.15, -0.1) is 11.6 Å². The van der Waals surface area contributed by atoms with Crippen LogP contribution in [0.5, 0.6) is 5.75 Å². The summed E-state index contributed by atoms with van der Waals surface area (Å²) < 4.78 is 6.14. The number of benzene rings is 1. The standard InChI is InChI=1S/C11H12BrClO2/c1-2-15-10-5-3-4-8(12)11(10)9(14)6-7-13/h3-5H,2,6-7H2,1H3. The van der Waals surface area contributed by atoms with Crippen molar-refractivity contribution in [3.63, 3.8) is 0 Å². The minimum absolute atomic E-state index is 0.000856. The van der Waals surface area contributed by atoms with Gasteiger partial charge in [0.05, 0.1) is 12.2 Å². The summed E-state index contributed by atoms with van der Waals surface area (Å²) in [5.74, 6) is 0.939. The van der Waals surface area contributed by atoms with Gasteiger partial charge in [-0.25, -0.2) is 0 Å². The molecular weight excluding hydrogens is 279 g/mol. The summed E-state index contributed by atoms with van der Waals surface area (Å²) in [6.45, 7) is 2.42. The Morgan fingerprint density at radius 1 is 1.53 bits per heavy atom. The zero-order chi connectivity index (χ0) is 11.3. The SMILES string of the molecule is CCOc1cccc(Br)c1C(=O)CCCl. The molecule has 4 heteroatoms. The average molecular weight is 292 g/mol. The molecule has 0 amide bonds. The van der Waals surface area contributed by atoms with E-state index >= 15 is 0 Å². The van der Waals surface area contributed by atoms with Crippen molar-refractivity contribution in [3.05, 3.63) is 28.2 Å². The number of carbonyl (C=O) groups excluding carboxylic acids is 1. The van der Waals surface area contributed by atoms with E-state index in [4.69, 9.17) is 16.3 Å². The lowest BCUT2D eigenvalue weighted by molar-refractivity contribution is 0.0984. The fourth-order valence-corrected chi connectivity index (χ4v) is 2.00. The molecule has 0 aliphatic rings. The second kappa shape index (κ2) is 6.13. The molecule has 0 atom stereocenters. The first-order chi connectivity index (χ1) is 7.20. The van der Waals surface area contributed by atoms with E-state index < -0.39 is 0 Å². The van der Waals surface area contributed by atoms with Crippen LogP contribution in [0.4, 0.5) is 0 Å². The number of ether oxygens (including phenoxy) is 1. The lowest BCUT2D eigenvalue weighted by atomic mass is 10.1. The number of ketones is 1. The lowest BCUT2D eigenvalue weighted by Crippen LogP contribution is -2.05. The van der Waals surface area contributed by atoms with Gasteiger partial charge in [-0.1, -0.05) is 6.07 Å². The highest BCUT2D eigenvalue weighted by Crippen LogP contribution is 2.28. The maximum atomic E-state index is 11.8. The number of carbonyl (C=O) groups is 1. The van der Waals surface area contributed by atoms with Crippen LogP contribution >= 0.6 is 27.5 Å². The summed E-state index contributed by atoms with van der Waals surface area (Å²) in [5, 5.41) is 0. The Bertz CT molecular complexity index is 352. The summed E-state index contributed by atoms with van der Waals surface area (Å²) >= 11 is 8.89. The van der Waals surface area contributed by atoms with E-state index in [9.17, 15) is 4.79 Å². The van der Waals surface area contributed by atoms with Crippen LogP contribution in [-0.2, 0) is 0 Å². The van der Waals surface area contributed by atoms with Crippen molar-refractivity contribution in [2.45, 2.75) is 13.3 Å². The minimum atomic E-state index is 0.000856. The van der Waals surface area contributed by atoms with Crippen LogP contribution < -0.4 is 4.74 Å². The topological polar surface area (TPSA) is 26.3 Å². The Morgan fingerprint density at radius 3 is 2.87 bits per heavy atom. The quantitative estimate of drug-likeness (QED) is 0.611. The Morgan fingerprint density at radius 2 is 2.27 bits per heavy atom. The molecule has 1 aromatic rings. The van der Waals surface area contributed by atoms with Crippen molar-refractivity contribution < 1.29 is 9.53 Å². The third-order valence-corrected chi connectivity index (χ3v) is 2.73. The molecule has 0 N–H and O–H groups in total. The number of rotatable bonds is 5. The van der Waals surface area contributed by atoms with Crippen LogP contribution in [0.15, 0.2) is 22.7 Å². The van der Waals surface area contributed by atoms with Crippen LogP contribution in [0.3, 0.4) is 0 Å². The van der Waals surface area contributed by atoms with Gasteiger partial charge in [0.2, 0.25) is 0 Å². The fraction of sp³-hybridized carbons (Fsp3) is 0.364. The van der Waals surface area contributed by atoms with E-state index in [-0.39, 0.29) is 5.78 Å². The molecule has 82 valence electrons. The van der Waals surface area contributed by atoms with Gasteiger partial charge in [-0.3, -0.25) is 4.79 Å². The molecule has 1 aromatic carbocycles. The summed E-state index contributed by atoms with van der Waals surface area (Å²) in [4.78, 5) is 11.8. The van der Waals surface area contributed by atoms with E-state index in [1.54, 1.807) is 6.07 Å². The monoisotopic (exact) mass is 290 g/mol. The molecule has 0 fully saturated rings. The second-order valence-corrected chi connectivity index (χ2v) is 4.14. The van der Waals surface area contributed by atoms with Crippen molar-refractivity contribution >= 4 is 33.3 Å². The summed E-state index contributed by atoms with van der Waals surface area (Å²) in [5.41, 5.74) is 0.583. The summed E-state index contributed by atoms with van der Waals surface area (Å²) in [6, 6.07) is 5.45. The molecule has 0 unspecified atom stereocenters. The van der Waals surface area contributed by atoms with Gasteiger partial charge in [0.25, 0.3) is 0 Å². The van der Waals surface area contributed by atoms with Crippen LogP contribution in [0.2, 0.25) is 0 Å². The number of Topliss-reactive ketones (excluding diaryl/α,β-unsaturated/α-hetero) is 1. The number of hydrogen-bond donors (Lipinski definition) is 0. The third kappa shape index (κ3) is 3.21. The van der Waals surface area contributed by atoms with Crippen molar-refractivity contribution in [1.29, 1.82) is 0 Å². The van der Waals surface area contributed by atoms with E-state index in [1.165, 1.54) is 0 Å².